The molecular formula is C16H14ClNO5. The van der Waals surface area contributed by atoms with Crippen molar-refractivity contribution < 1.29 is 19.2 Å². The Labute approximate surface area is 137 Å². The SMILES string of the molecule is CCOc1ccccc1COC(=O)c1cc(Cl)ccc1[N+](=O)[O-]. The van der Waals surface area contributed by atoms with Crippen LogP contribution < -0.4 is 4.74 Å². The number of benzene rings is 2. The van der Waals surface area contributed by atoms with E-state index in [1.54, 1.807) is 24.3 Å². The van der Waals surface area contributed by atoms with Crippen molar-refractivity contribution in [3.05, 3.63) is 68.7 Å². The van der Waals surface area contributed by atoms with Gasteiger partial charge in [-0.15, -0.1) is 0 Å². The van der Waals surface area contributed by atoms with Crippen LogP contribution >= 0.6 is 11.6 Å². The van der Waals surface area contributed by atoms with Crippen molar-refractivity contribution in [2.24, 2.45) is 0 Å². The Bertz CT molecular complexity index is 732. The molecule has 2 rings (SSSR count). The van der Waals surface area contributed by atoms with Gasteiger partial charge in [-0.05, 0) is 25.1 Å². The number of hydrogen-bond donors (Lipinski definition) is 0. The Morgan fingerprint density at radius 2 is 2.00 bits per heavy atom. The molecule has 0 aliphatic heterocycles. The molecule has 0 fully saturated rings. The van der Waals surface area contributed by atoms with E-state index in [1.165, 1.54) is 18.2 Å². The van der Waals surface area contributed by atoms with Crippen LogP contribution in [0, 0.1) is 10.1 Å². The number of carbonyl (C=O) groups is 1. The summed E-state index contributed by atoms with van der Waals surface area (Å²) in [6, 6.07) is 10.8. The number of esters is 1. The molecule has 7 heteroatoms. The lowest BCUT2D eigenvalue weighted by Crippen LogP contribution is -2.09. The highest BCUT2D eigenvalue weighted by Crippen LogP contribution is 2.25. The lowest BCUT2D eigenvalue weighted by atomic mass is 10.2. The molecule has 6 nitrogen and oxygen atoms in total. The van der Waals surface area contributed by atoms with Gasteiger partial charge in [0, 0.05) is 16.7 Å². The van der Waals surface area contributed by atoms with Gasteiger partial charge in [0.2, 0.25) is 0 Å². The number of ether oxygens (including phenoxy) is 2. The Morgan fingerprint density at radius 3 is 2.70 bits per heavy atom. The van der Waals surface area contributed by atoms with Gasteiger partial charge in [-0.2, -0.15) is 0 Å². The molecule has 0 aliphatic rings. The third-order valence-electron chi connectivity index (χ3n) is 3.01. The number of halogens is 1. The van der Waals surface area contributed by atoms with E-state index in [0.29, 0.717) is 17.9 Å². The molecule has 2 aromatic carbocycles. The van der Waals surface area contributed by atoms with Gasteiger partial charge in [0.05, 0.1) is 11.5 Å². The minimum Gasteiger partial charge on any atom is -0.493 e. The number of carbonyl (C=O) groups excluding carboxylic acids is 1. The summed E-state index contributed by atoms with van der Waals surface area (Å²) >= 11 is 5.80. The molecule has 0 aliphatic carbocycles. The normalized spacial score (nSPS) is 10.2. The molecule has 0 radical (unpaired) electrons. The van der Waals surface area contributed by atoms with Crippen molar-refractivity contribution in [1.29, 1.82) is 0 Å². The molecule has 0 amide bonds. The van der Waals surface area contributed by atoms with Gasteiger partial charge < -0.3 is 9.47 Å². The minimum atomic E-state index is -0.814. The van der Waals surface area contributed by atoms with Crippen molar-refractivity contribution in [3.63, 3.8) is 0 Å². The number of rotatable bonds is 6. The van der Waals surface area contributed by atoms with Gasteiger partial charge in [-0.25, -0.2) is 4.79 Å². The third kappa shape index (κ3) is 4.20. The molecule has 120 valence electrons. The van der Waals surface area contributed by atoms with Crippen molar-refractivity contribution in [2.75, 3.05) is 6.61 Å². The van der Waals surface area contributed by atoms with Crippen LogP contribution in [0.3, 0.4) is 0 Å². The van der Waals surface area contributed by atoms with E-state index in [-0.39, 0.29) is 22.9 Å². The second-order valence-electron chi connectivity index (χ2n) is 4.54. The quantitative estimate of drug-likeness (QED) is 0.453. The summed E-state index contributed by atoms with van der Waals surface area (Å²) in [5.74, 6) is -0.214. The van der Waals surface area contributed by atoms with E-state index in [1.807, 2.05) is 6.92 Å². The van der Waals surface area contributed by atoms with Crippen LogP contribution in [0.4, 0.5) is 5.69 Å². The molecule has 0 N–H and O–H groups in total. The van der Waals surface area contributed by atoms with E-state index in [9.17, 15) is 14.9 Å². The summed E-state index contributed by atoms with van der Waals surface area (Å²) in [5, 5.41) is 11.2. The van der Waals surface area contributed by atoms with Crippen LogP contribution in [0.15, 0.2) is 42.5 Å². The second kappa shape index (κ2) is 7.60. The third-order valence-corrected chi connectivity index (χ3v) is 3.24. The van der Waals surface area contributed by atoms with Gasteiger partial charge in [-0.3, -0.25) is 10.1 Å². The zero-order valence-corrected chi connectivity index (χ0v) is 13.1. The van der Waals surface area contributed by atoms with E-state index in [4.69, 9.17) is 21.1 Å². The maximum atomic E-state index is 12.1. The predicted molar refractivity (Wildman–Crippen MR) is 84.8 cm³/mol. The first-order chi connectivity index (χ1) is 11.0. The summed E-state index contributed by atoms with van der Waals surface area (Å²) in [6.07, 6.45) is 0. The van der Waals surface area contributed by atoms with Crippen LogP contribution in [0.2, 0.25) is 5.02 Å². The first-order valence-corrected chi connectivity index (χ1v) is 7.22. The highest BCUT2D eigenvalue weighted by molar-refractivity contribution is 6.31. The van der Waals surface area contributed by atoms with Crippen LogP contribution in [0.1, 0.15) is 22.8 Å². The standard InChI is InChI=1S/C16H14ClNO5/c1-2-22-15-6-4-3-5-11(15)10-23-16(19)13-9-12(17)7-8-14(13)18(20)21/h3-9H,2,10H2,1H3. The zero-order valence-electron chi connectivity index (χ0n) is 12.3. The highest BCUT2D eigenvalue weighted by Gasteiger charge is 2.22. The highest BCUT2D eigenvalue weighted by atomic mass is 35.5. The first-order valence-electron chi connectivity index (χ1n) is 6.84. The predicted octanol–water partition coefficient (Wildman–Crippen LogP) is 4.00. The van der Waals surface area contributed by atoms with Crippen molar-refractivity contribution in [3.8, 4) is 5.75 Å². The van der Waals surface area contributed by atoms with Gasteiger partial charge in [0.1, 0.15) is 17.9 Å². The number of para-hydroxylation sites is 1. The van der Waals surface area contributed by atoms with E-state index in [0.717, 1.165) is 0 Å². The monoisotopic (exact) mass is 335 g/mol. The summed E-state index contributed by atoms with van der Waals surface area (Å²) in [4.78, 5) is 22.5. The van der Waals surface area contributed by atoms with Gasteiger partial charge >= 0.3 is 5.97 Å². The number of nitrogens with zero attached hydrogens (tertiary/aromatic N) is 1. The summed E-state index contributed by atoms with van der Waals surface area (Å²) < 4.78 is 10.6. The Balaban J connectivity index is 2.18. The van der Waals surface area contributed by atoms with Crippen molar-refractivity contribution >= 4 is 23.3 Å². The number of nitro groups is 1. The fraction of sp³-hybridized carbons (Fsp3) is 0.188. The lowest BCUT2D eigenvalue weighted by Gasteiger charge is -2.10. The topological polar surface area (TPSA) is 78.7 Å². The molecule has 0 spiro atoms. The van der Waals surface area contributed by atoms with Gasteiger partial charge in [0.15, 0.2) is 0 Å². The zero-order chi connectivity index (χ0) is 16.8. The van der Waals surface area contributed by atoms with Gasteiger partial charge in [-0.1, -0.05) is 29.8 Å². The molecule has 0 unspecified atom stereocenters. The molecule has 2 aromatic rings. The summed E-state index contributed by atoms with van der Waals surface area (Å²) in [5.41, 5.74) is 0.140. The van der Waals surface area contributed by atoms with Crippen molar-refractivity contribution in [2.45, 2.75) is 13.5 Å². The first kappa shape index (κ1) is 16.8. The fourth-order valence-electron chi connectivity index (χ4n) is 1.97. The molecule has 0 heterocycles. The van der Waals surface area contributed by atoms with Gasteiger partial charge in [0.25, 0.3) is 5.69 Å². The minimum absolute atomic E-state index is 0.0569. The largest absolute Gasteiger partial charge is 0.493 e. The van der Waals surface area contributed by atoms with Crippen LogP contribution in [-0.2, 0) is 11.3 Å². The molecule has 0 atom stereocenters. The molecule has 0 saturated heterocycles. The van der Waals surface area contributed by atoms with E-state index in [2.05, 4.69) is 0 Å². The van der Waals surface area contributed by atoms with Crippen LogP contribution in [0.5, 0.6) is 5.75 Å². The van der Waals surface area contributed by atoms with E-state index >= 15 is 0 Å². The Hall–Kier alpha value is -2.60. The average Bonchev–Trinajstić information content (AvgIpc) is 2.53. The summed E-state index contributed by atoms with van der Waals surface area (Å²) in [6.45, 7) is 2.27. The molecular weight excluding hydrogens is 322 g/mol. The Kier molecular flexibility index (Phi) is 5.54. The van der Waals surface area contributed by atoms with Crippen LogP contribution in [0.25, 0.3) is 0 Å². The average molecular weight is 336 g/mol. The smallest absolute Gasteiger partial charge is 0.345 e. The van der Waals surface area contributed by atoms with E-state index < -0.39 is 10.9 Å². The fourth-order valence-corrected chi connectivity index (χ4v) is 2.14. The number of nitro benzene ring substituents is 1. The van der Waals surface area contributed by atoms with Crippen molar-refractivity contribution in [1.82, 2.24) is 0 Å². The lowest BCUT2D eigenvalue weighted by molar-refractivity contribution is -0.385. The maximum absolute atomic E-state index is 12.1. The summed E-state index contributed by atoms with van der Waals surface area (Å²) in [7, 11) is 0. The molecule has 23 heavy (non-hydrogen) atoms. The second-order valence-corrected chi connectivity index (χ2v) is 4.97. The molecule has 0 aromatic heterocycles. The molecule has 0 bridgehead atoms. The number of hydrogen-bond acceptors (Lipinski definition) is 5. The van der Waals surface area contributed by atoms with Crippen LogP contribution in [-0.4, -0.2) is 17.5 Å². The molecule has 0 saturated carbocycles. The maximum Gasteiger partial charge on any atom is 0.345 e. The Morgan fingerprint density at radius 1 is 1.26 bits per heavy atom.